The molecule has 1 aromatic carbocycles. The molecule has 2 saturated carbocycles. The number of amides is 4. The van der Waals surface area contributed by atoms with Crippen LogP contribution in [-0.4, -0.2) is 98.5 Å². The first kappa shape index (κ1) is 39.6. The zero-order valence-electron chi connectivity index (χ0n) is 30.7. The number of benzene rings is 1. The van der Waals surface area contributed by atoms with Crippen molar-refractivity contribution >= 4 is 60.7 Å². The molecule has 0 unspecified atom stereocenters. The van der Waals surface area contributed by atoms with Gasteiger partial charge in [0.2, 0.25) is 27.7 Å². The number of carbonyl (C=O) groups is 4. The van der Waals surface area contributed by atoms with E-state index >= 15 is 0 Å². The molecule has 0 radical (unpaired) electrons. The van der Waals surface area contributed by atoms with Crippen LogP contribution >= 0.6 is 15.9 Å². The summed E-state index contributed by atoms with van der Waals surface area (Å²) < 4.78 is 50.3. The number of ether oxygens (including phenoxy) is 4. The molecule has 3 heterocycles. The lowest BCUT2D eigenvalue weighted by Crippen LogP contribution is -2.58. The standard InChI is InChI=1S/C37H48BrN5O10S/c1-4-51-30-19-29(25-16-17-28(50-2)31(38)32(25)40-30)52-24-18-27-33(44)41-37(35(46)42-54(3,48)49)20-22(37)12-8-6-5-7-9-15-26(34(45)43(27)21-24)39-36(47)53-23-13-10-11-14-23/h8,12,16-17,19,22-24,26-27H,4-7,9-11,13-15,18,20-21H2,1-3H3,(H,39,47)(H,41,44)(H,42,46)/b12-8-/t22-,24+,26-,27-,37+/m0/s1. The highest BCUT2D eigenvalue weighted by atomic mass is 79.9. The molecule has 0 bridgehead atoms. The number of allylic oxidation sites excluding steroid dienone is 1. The highest BCUT2D eigenvalue weighted by Gasteiger charge is 2.61. The molecule has 0 spiro atoms. The fourth-order valence-electron chi connectivity index (χ4n) is 7.60. The number of nitrogens with zero attached hydrogens (tertiary/aromatic N) is 2. The van der Waals surface area contributed by atoms with Crippen molar-refractivity contribution in [2.45, 2.75) is 107 Å². The lowest BCUT2D eigenvalue weighted by Gasteiger charge is -2.30. The lowest BCUT2D eigenvalue weighted by molar-refractivity contribution is -0.141. The maximum absolute atomic E-state index is 14.5. The van der Waals surface area contributed by atoms with E-state index in [-0.39, 0.29) is 25.5 Å². The summed E-state index contributed by atoms with van der Waals surface area (Å²) in [5.74, 6) is -1.16. The van der Waals surface area contributed by atoms with E-state index in [0.29, 0.717) is 58.6 Å². The summed E-state index contributed by atoms with van der Waals surface area (Å²) in [5.41, 5.74) is -1.000. The number of halogens is 1. The molecule has 15 nitrogen and oxygen atoms in total. The summed E-state index contributed by atoms with van der Waals surface area (Å²) in [6.07, 6.45) is 9.92. The average molecular weight is 835 g/mol. The molecule has 294 valence electrons. The van der Waals surface area contributed by atoms with Gasteiger partial charge in [-0.3, -0.25) is 19.1 Å². The number of rotatable bonds is 9. The summed E-state index contributed by atoms with van der Waals surface area (Å²) in [6, 6.07) is 3.10. The molecule has 3 fully saturated rings. The molecule has 1 saturated heterocycles. The van der Waals surface area contributed by atoms with Crippen LogP contribution in [0.3, 0.4) is 0 Å². The Balaban J connectivity index is 1.33. The molecule has 6 rings (SSSR count). The predicted molar refractivity (Wildman–Crippen MR) is 202 cm³/mol. The van der Waals surface area contributed by atoms with E-state index in [1.165, 1.54) is 4.90 Å². The van der Waals surface area contributed by atoms with Crippen molar-refractivity contribution in [1.29, 1.82) is 0 Å². The third-order valence-corrected chi connectivity index (χ3v) is 11.7. The van der Waals surface area contributed by atoms with Crippen LogP contribution in [-0.2, 0) is 29.1 Å². The second-order valence-electron chi connectivity index (χ2n) is 14.4. The van der Waals surface area contributed by atoms with E-state index in [4.69, 9.17) is 18.9 Å². The van der Waals surface area contributed by atoms with Crippen molar-refractivity contribution in [2.75, 3.05) is 26.5 Å². The Labute approximate surface area is 323 Å². The minimum atomic E-state index is -3.94. The Morgan fingerprint density at radius 3 is 2.56 bits per heavy atom. The number of nitrogens with one attached hydrogen (secondary N) is 3. The molecule has 54 heavy (non-hydrogen) atoms. The van der Waals surface area contributed by atoms with Crippen LogP contribution in [0.15, 0.2) is 34.8 Å². The Hall–Kier alpha value is -4.12. The van der Waals surface area contributed by atoms with E-state index in [1.807, 2.05) is 23.8 Å². The maximum atomic E-state index is 14.5. The topological polar surface area (TPSA) is 192 Å². The first-order chi connectivity index (χ1) is 25.8. The van der Waals surface area contributed by atoms with Crippen LogP contribution in [0.4, 0.5) is 4.79 Å². The Morgan fingerprint density at radius 1 is 1.07 bits per heavy atom. The van der Waals surface area contributed by atoms with Crippen LogP contribution in [0.25, 0.3) is 10.9 Å². The lowest BCUT2D eigenvalue weighted by atomic mass is 10.0. The third kappa shape index (κ3) is 9.04. The van der Waals surface area contributed by atoms with Crippen molar-refractivity contribution in [2.24, 2.45) is 5.92 Å². The average Bonchev–Trinajstić information content (AvgIpc) is 3.39. The normalized spacial score (nSPS) is 27.1. The van der Waals surface area contributed by atoms with E-state index < -0.39 is 63.5 Å². The number of sulfonamides is 1. The van der Waals surface area contributed by atoms with Crippen molar-refractivity contribution in [3.8, 4) is 17.4 Å². The Morgan fingerprint density at radius 2 is 1.83 bits per heavy atom. The van der Waals surface area contributed by atoms with Gasteiger partial charge < -0.3 is 34.5 Å². The molecule has 1 aromatic heterocycles. The monoisotopic (exact) mass is 833 g/mol. The second-order valence-corrected chi connectivity index (χ2v) is 16.9. The molecular weight excluding hydrogens is 786 g/mol. The maximum Gasteiger partial charge on any atom is 0.408 e. The van der Waals surface area contributed by atoms with Crippen LogP contribution in [0.1, 0.15) is 77.6 Å². The SMILES string of the molecule is CCOc1cc(O[C@@H]2C[C@H]3C(=O)N[C@]4(C(=O)NS(C)(=O)=O)C[C@@H]4/C=C\CCCCC[C@H](NC(=O)OC4CCCC4)C(=O)N3C2)c2ccc(OC)c(Br)c2n1. The minimum Gasteiger partial charge on any atom is -0.495 e. The summed E-state index contributed by atoms with van der Waals surface area (Å²) in [7, 11) is -2.39. The summed E-state index contributed by atoms with van der Waals surface area (Å²) in [5, 5.41) is 6.27. The van der Waals surface area contributed by atoms with Gasteiger partial charge in [0.25, 0.3) is 5.91 Å². The quantitative estimate of drug-likeness (QED) is 0.306. The number of carbonyl (C=O) groups excluding carboxylic acids is 4. The van der Waals surface area contributed by atoms with E-state index in [2.05, 4.69) is 31.5 Å². The van der Waals surface area contributed by atoms with E-state index in [9.17, 15) is 27.6 Å². The predicted octanol–water partition coefficient (Wildman–Crippen LogP) is 4.26. The first-order valence-electron chi connectivity index (χ1n) is 18.6. The van der Waals surface area contributed by atoms with Crippen LogP contribution in [0.2, 0.25) is 0 Å². The first-order valence-corrected chi connectivity index (χ1v) is 21.3. The van der Waals surface area contributed by atoms with Gasteiger partial charge in [0.15, 0.2) is 0 Å². The molecule has 3 N–H and O–H groups in total. The molecular formula is C37H48BrN5O10S. The Bertz CT molecular complexity index is 1900. The molecule has 4 amide bonds. The van der Waals surface area contributed by atoms with Gasteiger partial charge in [-0.2, -0.15) is 0 Å². The van der Waals surface area contributed by atoms with Gasteiger partial charge in [-0.25, -0.2) is 18.2 Å². The van der Waals surface area contributed by atoms with Crippen LogP contribution in [0, 0.1) is 5.92 Å². The van der Waals surface area contributed by atoms with Gasteiger partial charge in [-0.1, -0.05) is 25.0 Å². The largest absolute Gasteiger partial charge is 0.495 e. The molecule has 2 aliphatic heterocycles. The zero-order valence-corrected chi connectivity index (χ0v) is 33.1. The fraction of sp³-hybridized carbons (Fsp3) is 0.595. The van der Waals surface area contributed by atoms with E-state index in [1.54, 1.807) is 25.3 Å². The summed E-state index contributed by atoms with van der Waals surface area (Å²) >= 11 is 3.57. The van der Waals surface area contributed by atoms with Gasteiger partial charge in [-0.05, 0) is 86.4 Å². The van der Waals surface area contributed by atoms with Gasteiger partial charge >= 0.3 is 6.09 Å². The molecule has 5 atom stereocenters. The Kier molecular flexibility index (Phi) is 12.2. The number of hydrogen-bond acceptors (Lipinski definition) is 11. The highest BCUT2D eigenvalue weighted by molar-refractivity contribution is 9.10. The van der Waals surface area contributed by atoms with Crippen molar-refractivity contribution < 1.29 is 46.5 Å². The number of fused-ring (bicyclic) bond motifs is 3. The van der Waals surface area contributed by atoms with Gasteiger partial charge in [0.05, 0.1) is 36.5 Å². The molecule has 2 aromatic rings. The summed E-state index contributed by atoms with van der Waals surface area (Å²) in [6.45, 7) is 2.15. The van der Waals surface area contributed by atoms with Crippen molar-refractivity contribution in [3.05, 3.63) is 34.8 Å². The fourth-order valence-corrected chi connectivity index (χ4v) is 8.72. The number of pyridine rings is 1. The number of hydrogen-bond donors (Lipinski definition) is 3. The molecule has 17 heteroatoms. The molecule has 2 aliphatic carbocycles. The van der Waals surface area contributed by atoms with Crippen LogP contribution < -0.4 is 29.6 Å². The number of methoxy groups -OCH3 is 1. The van der Waals surface area contributed by atoms with Crippen molar-refractivity contribution in [1.82, 2.24) is 25.2 Å². The number of alkyl carbamates (subject to hydrolysis) is 1. The van der Waals surface area contributed by atoms with Gasteiger partial charge in [0.1, 0.15) is 41.3 Å². The molecule has 4 aliphatic rings. The summed E-state index contributed by atoms with van der Waals surface area (Å²) in [4.78, 5) is 61.5. The van der Waals surface area contributed by atoms with Crippen molar-refractivity contribution in [3.63, 3.8) is 0 Å². The van der Waals surface area contributed by atoms with Gasteiger partial charge in [-0.15, -0.1) is 0 Å². The third-order valence-electron chi connectivity index (χ3n) is 10.4. The van der Waals surface area contributed by atoms with Crippen LogP contribution in [0.5, 0.6) is 17.4 Å². The second kappa shape index (κ2) is 16.7. The number of aromatic nitrogens is 1. The zero-order chi connectivity index (χ0) is 38.6. The van der Waals surface area contributed by atoms with E-state index in [0.717, 1.165) is 44.8 Å². The minimum absolute atomic E-state index is 0.0241. The highest BCUT2D eigenvalue weighted by Crippen LogP contribution is 2.46. The van der Waals surface area contributed by atoms with Gasteiger partial charge in [0, 0.05) is 23.8 Å². The smallest absolute Gasteiger partial charge is 0.408 e.